The molecule has 12 heavy (non-hydrogen) atoms. The van der Waals surface area contributed by atoms with Crippen molar-refractivity contribution in [2.45, 2.75) is 26.4 Å². The molecule has 0 fully saturated rings. The third-order valence-corrected chi connectivity index (χ3v) is 2.20. The molecule has 0 saturated heterocycles. The standard InChI is InChI=1S/C9H12N2O/c1-7-8-3-2-4-12-5-9(8)11-6-10-7/h6H,2-5H2,1H3. The lowest BCUT2D eigenvalue weighted by Crippen LogP contribution is -2.00. The number of hydrogen-bond acceptors (Lipinski definition) is 3. The van der Waals surface area contributed by atoms with Crippen LogP contribution in [-0.2, 0) is 17.8 Å². The minimum atomic E-state index is 0.651. The summed E-state index contributed by atoms with van der Waals surface area (Å²) in [5.74, 6) is 0. The van der Waals surface area contributed by atoms with Crippen molar-refractivity contribution in [1.29, 1.82) is 0 Å². The van der Waals surface area contributed by atoms with Gasteiger partial charge in [-0.3, -0.25) is 0 Å². The largest absolute Gasteiger partial charge is 0.375 e. The number of hydrogen-bond donors (Lipinski definition) is 0. The Morgan fingerprint density at radius 1 is 1.42 bits per heavy atom. The molecule has 0 unspecified atom stereocenters. The third-order valence-electron chi connectivity index (χ3n) is 2.20. The van der Waals surface area contributed by atoms with Crippen LogP contribution in [0.2, 0.25) is 0 Å². The normalized spacial score (nSPS) is 16.8. The molecule has 0 amide bonds. The van der Waals surface area contributed by atoms with Gasteiger partial charge in [-0.15, -0.1) is 0 Å². The fraction of sp³-hybridized carbons (Fsp3) is 0.556. The average Bonchev–Trinajstić information content (AvgIpc) is 2.30. The molecule has 0 aromatic carbocycles. The molecule has 2 rings (SSSR count). The van der Waals surface area contributed by atoms with Crippen LogP contribution in [0.15, 0.2) is 6.33 Å². The summed E-state index contributed by atoms with van der Waals surface area (Å²) in [7, 11) is 0. The molecule has 3 nitrogen and oxygen atoms in total. The predicted octanol–water partition coefficient (Wildman–Crippen LogP) is 1.25. The van der Waals surface area contributed by atoms with Crippen LogP contribution in [0, 0.1) is 6.92 Å². The molecule has 0 bridgehead atoms. The molecule has 1 aliphatic rings. The first-order valence-electron chi connectivity index (χ1n) is 4.25. The van der Waals surface area contributed by atoms with Gasteiger partial charge in [0.2, 0.25) is 0 Å². The fourth-order valence-electron chi connectivity index (χ4n) is 1.52. The quantitative estimate of drug-likeness (QED) is 0.578. The highest BCUT2D eigenvalue weighted by Gasteiger charge is 2.11. The SMILES string of the molecule is Cc1ncnc2c1CCCOC2. The van der Waals surface area contributed by atoms with Crippen molar-refractivity contribution >= 4 is 0 Å². The summed E-state index contributed by atoms with van der Waals surface area (Å²) >= 11 is 0. The summed E-state index contributed by atoms with van der Waals surface area (Å²) in [6.07, 6.45) is 3.76. The van der Waals surface area contributed by atoms with E-state index in [1.54, 1.807) is 6.33 Å². The maximum atomic E-state index is 5.39. The van der Waals surface area contributed by atoms with Crippen molar-refractivity contribution in [1.82, 2.24) is 9.97 Å². The molecule has 2 heterocycles. The molecule has 1 aromatic rings. The van der Waals surface area contributed by atoms with Gasteiger partial charge in [-0.1, -0.05) is 0 Å². The summed E-state index contributed by atoms with van der Waals surface area (Å²) < 4.78 is 5.39. The lowest BCUT2D eigenvalue weighted by molar-refractivity contribution is 0.122. The molecule has 0 spiro atoms. The molecule has 0 atom stereocenters. The number of aromatic nitrogens is 2. The van der Waals surface area contributed by atoms with Gasteiger partial charge in [0.15, 0.2) is 0 Å². The smallest absolute Gasteiger partial charge is 0.116 e. The van der Waals surface area contributed by atoms with Crippen LogP contribution in [0.4, 0.5) is 0 Å². The highest BCUT2D eigenvalue weighted by molar-refractivity contribution is 5.23. The zero-order valence-corrected chi connectivity index (χ0v) is 7.21. The second kappa shape index (κ2) is 3.19. The van der Waals surface area contributed by atoms with E-state index in [1.165, 1.54) is 5.56 Å². The Balaban J connectivity index is 2.42. The summed E-state index contributed by atoms with van der Waals surface area (Å²) in [5.41, 5.74) is 3.46. The minimum Gasteiger partial charge on any atom is -0.375 e. The highest BCUT2D eigenvalue weighted by atomic mass is 16.5. The second-order valence-electron chi connectivity index (χ2n) is 3.04. The molecule has 0 radical (unpaired) electrons. The van der Waals surface area contributed by atoms with Gasteiger partial charge in [-0.25, -0.2) is 9.97 Å². The van der Waals surface area contributed by atoms with E-state index in [1.807, 2.05) is 6.92 Å². The molecule has 0 saturated carbocycles. The second-order valence-corrected chi connectivity index (χ2v) is 3.04. The molecule has 3 heteroatoms. The Hall–Kier alpha value is -0.960. The topological polar surface area (TPSA) is 35.0 Å². The zero-order chi connectivity index (χ0) is 8.39. The van der Waals surface area contributed by atoms with Crippen LogP contribution in [0.3, 0.4) is 0 Å². The van der Waals surface area contributed by atoms with Gasteiger partial charge in [0.1, 0.15) is 6.33 Å². The van der Waals surface area contributed by atoms with Crippen LogP contribution in [0.1, 0.15) is 23.4 Å². The zero-order valence-electron chi connectivity index (χ0n) is 7.21. The number of aryl methyl sites for hydroxylation is 1. The van der Waals surface area contributed by atoms with E-state index >= 15 is 0 Å². The Morgan fingerprint density at radius 2 is 2.33 bits per heavy atom. The summed E-state index contributed by atoms with van der Waals surface area (Å²) in [6.45, 7) is 3.53. The lowest BCUT2D eigenvalue weighted by Gasteiger charge is -2.04. The first-order chi connectivity index (χ1) is 5.88. The first kappa shape index (κ1) is 7.68. The molecule has 0 aliphatic carbocycles. The van der Waals surface area contributed by atoms with E-state index < -0.39 is 0 Å². The van der Waals surface area contributed by atoms with Gasteiger partial charge in [-0.05, 0) is 25.3 Å². The number of nitrogens with zero attached hydrogens (tertiary/aromatic N) is 2. The Bertz CT molecular complexity index is 286. The van der Waals surface area contributed by atoms with E-state index in [0.29, 0.717) is 6.61 Å². The molecular weight excluding hydrogens is 152 g/mol. The lowest BCUT2D eigenvalue weighted by atomic mass is 10.1. The fourth-order valence-corrected chi connectivity index (χ4v) is 1.52. The average molecular weight is 164 g/mol. The van der Waals surface area contributed by atoms with Crippen molar-refractivity contribution in [3.8, 4) is 0 Å². The Labute approximate surface area is 71.8 Å². The maximum Gasteiger partial charge on any atom is 0.116 e. The van der Waals surface area contributed by atoms with Crippen molar-refractivity contribution in [2.75, 3.05) is 6.61 Å². The van der Waals surface area contributed by atoms with Crippen molar-refractivity contribution in [3.05, 3.63) is 23.3 Å². The number of ether oxygens (including phenoxy) is 1. The van der Waals surface area contributed by atoms with Gasteiger partial charge in [-0.2, -0.15) is 0 Å². The van der Waals surface area contributed by atoms with Crippen molar-refractivity contribution in [2.24, 2.45) is 0 Å². The predicted molar refractivity (Wildman–Crippen MR) is 44.7 cm³/mol. The Kier molecular flexibility index (Phi) is 2.04. The van der Waals surface area contributed by atoms with E-state index in [-0.39, 0.29) is 0 Å². The molecule has 1 aromatic heterocycles. The van der Waals surface area contributed by atoms with Gasteiger partial charge in [0.05, 0.1) is 12.3 Å². The third kappa shape index (κ3) is 1.32. The van der Waals surface area contributed by atoms with Crippen LogP contribution >= 0.6 is 0 Å². The maximum absolute atomic E-state index is 5.39. The van der Waals surface area contributed by atoms with Gasteiger partial charge < -0.3 is 4.74 Å². The Morgan fingerprint density at radius 3 is 3.25 bits per heavy atom. The van der Waals surface area contributed by atoms with Crippen LogP contribution in [0.25, 0.3) is 0 Å². The molecular formula is C9H12N2O. The number of rotatable bonds is 0. The summed E-state index contributed by atoms with van der Waals surface area (Å²) in [5, 5.41) is 0. The monoisotopic (exact) mass is 164 g/mol. The van der Waals surface area contributed by atoms with Gasteiger partial charge in [0, 0.05) is 12.3 Å². The van der Waals surface area contributed by atoms with Gasteiger partial charge in [0.25, 0.3) is 0 Å². The summed E-state index contributed by atoms with van der Waals surface area (Å²) in [4.78, 5) is 8.37. The van der Waals surface area contributed by atoms with E-state index in [9.17, 15) is 0 Å². The minimum absolute atomic E-state index is 0.651. The van der Waals surface area contributed by atoms with Crippen LogP contribution in [-0.4, -0.2) is 16.6 Å². The number of fused-ring (bicyclic) bond motifs is 1. The van der Waals surface area contributed by atoms with Crippen molar-refractivity contribution < 1.29 is 4.74 Å². The van der Waals surface area contributed by atoms with Crippen LogP contribution in [0.5, 0.6) is 0 Å². The van der Waals surface area contributed by atoms with E-state index in [4.69, 9.17) is 4.74 Å². The van der Waals surface area contributed by atoms with Gasteiger partial charge >= 0.3 is 0 Å². The summed E-state index contributed by atoms with van der Waals surface area (Å²) in [6, 6.07) is 0. The van der Waals surface area contributed by atoms with E-state index in [2.05, 4.69) is 9.97 Å². The molecule has 64 valence electrons. The van der Waals surface area contributed by atoms with Crippen molar-refractivity contribution in [3.63, 3.8) is 0 Å². The highest BCUT2D eigenvalue weighted by Crippen LogP contribution is 2.15. The first-order valence-corrected chi connectivity index (χ1v) is 4.25. The van der Waals surface area contributed by atoms with E-state index in [0.717, 1.165) is 30.8 Å². The molecule has 0 N–H and O–H groups in total. The van der Waals surface area contributed by atoms with Crippen LogP contribution < -0.4 is 0 Å². The molecule has 1 aliphatic heterocycles.